The maximum atomic E-state index is 10.6. The minimum atomic E-state index is -0.920. The Labute approximate surface area is 87.8 Å². The van der Waals surface area contributed by atoms with Crippen molar-refractivity contribution in [1.82, 2.24) is 4.84 Å². The lowest BCUT2D eigenvalue weighted by Crippen LogP contribution is -2.30. The number of hydrogen-bond acceptors (Lipinski definition) is 2. The van der Waals surface area contributed by atoms with Crippen LogP contribution in [0.3, 0.4) is 0 Å². The Morgan fingerprint density at radius 2 is 2.07 bits per heavy atom. The van der Waals surface area contributed by atoms with Gasteiger partial charge < -0.3 is 5.11 Å². The summed E-state index contributed by atoms with van der Waals surface area (Å²) in [6.07, 6.45) is 1.19. The molecule has 76 valence electrons. The van der Waals surface area contributed by atoms with E-state index >= 15 is 0 Å². The van der Waals surface area contributed by atoms with E-state index in [9.17, 15) is 4.79 Å². The number of hydrogen-bond donors (Lipinski definition) is 2. The molecule has 0 aliphatic heterocycles. The first-order valence-electron chi connectivity index (χ1n) is 4.37. The number of carbonyl (C=O) groups is 1. The van der Waals surface area contributed by atoms with Crippen molar-refractivity contribution in [1.29, 1.82) is 0 Å². The number of aryl methyl sites for hydroxylation is 1. The highest BCUT2D eigenvalue weighted by Crippen LogP contribution is 2.05. The molecule has 1 aromatic carbocycles. The molecule has 0 spiro atoms. The quantitative estimate of drug-likeness (QED) is 0.734. The second kappa shape index (κ2) is 5.62. The molecule has 3 nitrogen and oxygen atoms in total. The third-order valence-electron chi connectivity index (χ3n) is 1.99. The predicted molar refractivity (Wildman–Crippen MR) is 55.2 cm³/mol. The Kier molecular flexibility index (Phi) is 4.43. The van der Waals surface area contributed by atoms with Gasteiger partial charge in [-0.05, 0) is 30.2 Å². The highest BCUT2D eigenvalue weighted by Gasteiger charge is 2.14. The van der Waals surface area contributed by atoms with Crippen LogP contribution in [-0.2, 0) is 11.2 Å². The van der Waals surface area contributed by atoms with Crippen LogP contribution >= 0.6 is 11.8 Å². The van der Waals surface area contributed by atoms with E-state index in [1.807, 2.05) is 30.3 Å². The highest BCUT2D eigenvalue weighted by atomic mass is 35.5. The zero-order chi connectivity index (χ0) is 10.4. The number of carboxylic acid groups (broad SMARTS) is 1. The molecular formula is C10H12ClNO2. The summed E-state index contributed by atoms with van der Waals surface area (Å²) in [5.41, 5.74) is 1.12. The van der Waals surface area contributed by atoms with Gasteiger partial charge in [-0.15, -0.1) is 0 Å². The van der Waals surface area contributed by atoms with Crippen molar-refractivity contribution in [2.24, 2.45) is 0 Å². The molecule has 1 aromatic rings. The first kappa shape index (κ1) is 11.0. The molecule has 14 heavy (non-hydrogen) atoms. The lowest BCUT2D eigenvalue weighted by molar-refractivity contribution is -0.139. The topological polar surface area (TPSA) is 49.3 Å². The summed E-state index contributed by atoms with van der Waals surface area (Å²) in [5.74, 6) is -0.920. The van der Waals surface area contributed by atoms with Crippen LogP contribution in [0.4, 0.5) is 0 Å². The average Bonchev–Trinajstić information content (AvgIpc) is 2.20. The van der Waals surface area contributed by atoms with E-state index in [1.165, 1.54) is 0 Å². The summed E-state index contributed by atoms with van der Waals surface area (Å²) in [6, 6.07) is 9.04. The van der Waals surface area contributed by atoms with Gasteiger partial charge >= 0.3 is 5.97 Å². The van der Waals surface area contributed by atoms with Crippen molar-refractivity contribution in [3.8, 4) is 0 Å². The second-order valence-corrected chi connectivity index (χ2v) is 3.24. The smallest absolute Gasteiger partial charge is 0.321 e. The van der Waals surface area contributed by atoms with Gasteiger partial charge in [0.1, 0.15) is 6.04 Å². The van der Waals surface area contributed by atoms with Gasteiger partial charge in [-0.1, -0.05) is 30.3 Å². The third kappa shape index (κ3) is 3.36. The molecular weight excluding hydrogens is 202 g/mol. The Hall–Kier alpha value is -1.06. The normalized spacial score (nSPS) is 12.4. The van der Waals surface area contributed by atoms with Gasteiger partial charge in [0.05, 0.1) is 0 Å². The lowest BCUT2D eigenvalue weighted by atomic mass is 10.1. The monoisotopic (exact) mass is 213 g/mol. The van der Waals surface area contributed by atoms with Gasteiger partial charge in [0.2, 0.25) is 0 Å². The fourth-order valence-corrected chi connectivity index (χ4v) is 1.38. The van der Waals surface area contributed by atoms with Crippen molar-refractivity contribution in [3.05, 3.63) is 35.9 Å². The fraction of sp³-hybridized carbons (Fsp3) is 0.300. The summed E-state index contributed by atoms with van der Waals surface area (Å²) in [7, 11) is 0. The van der Waals surface area contributed by atoms with Crippen LogP contribution in [0.15, 0.2) is 30.3 Å². The first-order valence-corrected chi connectivity index (χ1v) is 4.74. The molecule has 1 rings (SSSR count). The van der Waals surface area contributed by atoms with Crippen molar-refractivity contribution >= 4 is 17.7 Å². The van der Waals surface area contributed by atoms with Crippen molar-refractivity contribution in [3.63, 3.8) is 0 Å². The molecule has 2 N–H and O–H groups in total. The van der Waals surface area contributed by atoms with Gasteiger partial charge in [0, 0.05) is 0 Å². The molecule has 0 aliphatic carbocycles. The minimum Gasteiger partial charge on any atom is -0.480 e. The van der Waals surface area contributed by atoms with E-state index < -0.39 is 12.0 Å². The molecule has 0 saturated heterocycles. The van der Waals surface area contributed by atoms with E-state index in [0.717, 1.165) is 5.56 Å². The van der Waals surface area contributed by atoms with Crippen LogP contribution in [0.25, 0.3) is 0 Å². The van der Waals surface area contributed by atoms with Crippen LogP contribution in [0, 0.1) is 0 Å². The van der Waals surface area contributed by atoms with Gasteiger partial charge in [-0.3, -0.25) is 4.79 Å². The molecule has 0 heterocycles. The van der Waals surface area contributed by atoms with Gasteiger partial charge in [-0.25, -0.2) is 4.84 Å². The molecule has 0 saturated carbocycles. The molecule has 0 radical (unpaired) electrons. The molecule has 0 bridgehead atoms. The number of halogens is 1. The standard InChI is InChI=1S/C10H12ClNO2/c11-12-9(10(13)14)7-6-8-4-2-1-3-5-8/h1-5,9,12H,6-7H2,(H,13,14)/t9-/m0/s1. The van der Waals surface area contributed by atoms with Crippen LogP contribution in [-0.4, -0.2) is 17.1 Å². The third-order valence-corrected chi connectivity index (χ3v) is 2.26. The highest BCUT2D eigenvalue weighted by molar-refractivity contribution is 6.14. The Balaban J connectivity index is 2.44. The van der Waals surface area contributed by atoms with E-state index in [4.69, 9.17) is 16.9 Å². The maximum absolute atomic E-state index is 10.6. The SMILES string of the molecule is O=C(O)[C@H](CCc1ccccc1)NCl. The minimum absolute atomic E-state index is 0.489. The summed E-state index contributed by atoms with van der Waals surface area (Å²) in [4.78, 5) is 12.8. The van der Waals surface area contributed by atoms with Gasteiger partial charge in [0.15, 0.2) is 0 Å². The Morgan fingerprint density at radius 3 is 2.57 bits per heavy atom. The zero-order valence-corrected chi connectivity index (χ0v) is 8.37. The Bertz CT molecular complexity index is 289. The van der Waals surface area contributed by atoms with Crippen molar-refractivity contribution < 1.29 is 9.90 Å². The van der Waals surface area contributed by atoms with Crippen LogP contribution in [0.2, 0.25) is 0 Å². The van der Waals surface area contributed by atoms with Gasteiger partial charge in [0.25, 0.3) is 0 Å². The first-order chi connectivity index (χ1) is 6.74. The van der Waals surface area contributed by atoms with E-state index in [0.29, 0.717) is 12.8 Å². The number of benzene rings is 1. The summed E-state index contributed by atoms with van der Waals surface area (Å²) >= 11 is 5.30. The van der Waals surface area contributed by atoms with Crippen LogP contribution < -0.4 is 4.84 Å². The van der Waals surface area contributed by atoms with Gasteiger partial charge in [-0.2, -0.15) is 0 Å². The van der Waals surface area contributed by atoms with Crippen LogP contribution in [0.5, 0.6) is 0 Å². The lowest BCUT2D eigenvalue weighted by Gasteiger charge is -2.08. The summed E-state index contributed by atoms with van der Waals surface area (Å²) in [6.45, 7) is 0. The number of rotatable bonds is 5. The molecule has 0 fully saturated rings. The zero-order valence-electron chi connectivity index (χ0n) is 7.61. The van der Waals surface area contributed by atoms with E-state index in [2.05, 4.69) is 4.84 Å². The molecule has 4 heteroatoms. The average molecular weight is 214 g/mol. The van der Waals surface area contributed by atoms with Crippen molar-refractivity contribution in [2.45, 2.75) is 18.9 Å². The molecule has 0 aliphatic rings. The molecule has 0 amide bonds. The maximum Gasteiger partial charge on any atom is 0.321 e. The number of aliphatic carboxylic acids is 1. The van der Waals surface area contributed by atoms with E-state index in [-0.39, 0.29) is 0 Å². The second-order valence-electron chi connectivity index (χ2n) is 3.02. The molecule has 0 aromatic heterocycles. The largest absolute Gasteiger partial charge is 0.480 e. The Morgan fingerprint density at radius 1 is 1.43 bits per heavy atom. The summed E-state index contributed by atoms with van der Waals surface area (Å²) < 4.78 is 0. The predicted octanol–water partition coefficient (Wildman–Crippen LogP) is 1.82. The summed E-state index contributed by atoms with van der Waals surface area (Å²) in [5, 5.41) is 8.70. The van der Waals surface area contributed by atoms with Crippen molar-refractivity contribution in [2.75, 3.05) is 0 Å². The number of carboxylic acids is 1. The number of nitrogens with one attached hydrogen (secondary N) is 1. The molecule has 1 atom stereocenters. The fourth-order valence-electron chi connectivity index (χ4n) is 1.18. The van der Waals surface area contributed by atoms with Crippen LogP contribution in [0.1, 0.15) is 12.0 Å². The van der Waals surface area contributed by atoms with E-state index in [1.54, 1.807) is 0 Å². The molecule has 0 unspecified atom stereocenters.